The SMILES string of the molecule is CCOc1ccc(Cc2cc([C@@H]3O[C@H](CO)[C@@H](O)[C@H](O)[C@H]3O)ccc2Cl)cc1.O. The van der Waals surface area contributed by atoms with Crippen molar-refractivity contribution >= 4 is 11.6 Å². The molecule has 0 aliphatic carbocycles. The molecule has 29 heavy (non-hydrogen) atoms. The molecule has 5 atom stereocenters. The van der Waals surface area contributed by atoms with Crippen molar-refractivity contribution in [3.63, 3.8) is 0 Å². The zero-order chi connectivity index (χ0) is 20.3. The van der Waals surface area contributed by atoms with E-state index in [2.05, 4.69) is 0 Å². The zero-order valence-electron chi connectivity index (χ0n) is 16.0. The van der Waals surface area contributed by atoms with Crippen molar-refractivity contribution in [2.75, 3.05) is 13.2 Å². The molecule has 7 nitrogen and oxygen atoms in total. The summed E-state index contributed by atoms with van der Waals surface area (Å²) in [7, 11) is 0. The highest BCUT2D eigenvalue weighted by Crippen LogP contribution is 2.34. The molecule has 0 aromatic heterocycles. The van der Waals surface area contributed by atoms with Gasteiger partial charge in [-0.05, 0) is 48.2 Å². The van der Waals surface area contributed by atoms with E-state index in [1.165, 1.54) is 0 Å². The maximum absolute atomic E-state index is 10.3. The average molecular weight is 427 g/mol. The first-order chi connectivity index (χ1) is 13.4. The van der Waals surface area contributed by atoms with E-state index in [1.807, 2.05) is 37.3 Å². The highest BCUT2D eigenvalue weighted by Gasteiger charge is 2.43. The van der Waals surface area contributed by atoms with Crippen molar-refractivity contribution in [3.8, 4) is 5.75 Å². The number of hydrogen-bond acceptors (Lipinski definition) is 6. The topological polar surface area (TPSA) is 131 Å². The molecule has 1 aliphatic heterocycles. The molecule has 0 spiro atoms. The van der Waals surface area contributed by atoms with Gasteiger partial charge in [-0.1, -0.05) is 35.9 Å². The largest absolute Gasteiger partial charge is 0.494 e. The molecule has 0 bridgehead atoms. The van der Waals surface area contributed by atoms with Gasteiger partial charge in [-0.3, -0.25) is 0 Å². The van der Waals surface area contributed by atoms with Crippen LogP contribution in [0.15, 0.2) is 42.5 Å². The van der Waals surface area contributed by atoms with Gasteiger partial charge in [-0.2, -0.15) is 0 Å². The fourth-order valence-corrected chi connectivity index (χ4v) is 3.56. The van der Waals surface area contributed by atoms with Crippen molar-refractivity contribution in [2.45, 2.75) is 43.9 Å². The standard InChI is InChI=1S/C21H25ClO6.H2O/c1-2-27-15-6-3-12(4-7-15)9-14-10-13(5-8-16(14)22)21-20(26)19(25)18(24)17(11-23)28-21;/h3-8,10,17-21,23-26H,2,9,11H2,1H3;1H2/t17-,18-,19+,20-,21+;/m1./s1. The van der Waals surface area contributed by atoms with Crippen LogP contribution in [-0.2, 0) is 11.2 Å². The number of halogens is 1. The molecule has 0 amide bonds. The van der Waals surface area contributed by atoms with Crippen LogP contribution in [0.2, 0.25) is 5.02 Å². The maximum Gasteiger partial charge on any atom is 0.119 e. The van der Waals surface area contributed by atoms with Gasteiger partial charge in [0.05, 0.1) is 13.2 Å². The number of aliphatic hydroxyl groups is 4. The maximum atomic E-state index is 10.3. The minimum Gasteiger partial charge on any atom is -0.494 e. The molecule has 0 radical (unpaired) electrons. The van der Waals surface area contributed by atoms with Crippen LogP contribution >= 0.6 is 11.6 Å². The first-order valence-corrected chi connectivity index (χ1v) is 9.63. The summed E-state index contributed by atoms with van der Waals surface area (Å²) in [6, 6.07) is 12.9. The first-order valence-electron chi connectivity index (χ1n) is 9.25. The van der Waals surface area contributed by atoms with Gasteiger partial charge in [-0.25, -0.2) is 0 Å². The predicted octanol–water partition coefficient (Wildman–Crippen LogP) is 1.02. The molecule has 2 aromatic carbocycles. The van der Waals surface area contributed by atoms with Crippen molar-refractivity contribution in [3.05, 3.63) is 64.2 Å². The summed E-state index contributed by atoms with van der Waals surface area (Å²) < 4.78 is 11.1. The van der Waals surface area contributed by atoms with Gasteiger partial charge < -0.3 is 35.4 Å². The second-order valence-electron chi connectivity index (χ2n) is 6.85. The van der Waals surface area contributed by atoms with E-state index in [0.29, 0.717) is 23.6 Å². The highest BCUT2D eigenvalue weighted by molar-refractivity contribution is 6.31. The van der Waals surface area contributed by atoms with Gasteiger partial charge in [0.15, 0.2) is 0 Å². The normalized spacial score (nSPS) is 26.6. The van der Waals surface area contributed by atoms with Crippen molar-refractivity contribution in [1.29, 1.82) is 0 Å². The lowest BCUT2D eigenvalue weighted by Crippen LogP contribution is -2.55. The lowest BCUT2D eigenvalue weighted by atomic mass is 9.90. The van der Waals surface area contributed by atoms with Crippen LogP contribution in [-0.4, -0.2) is 63.5 Å². The molecule has 8 heteroatoms. The molecule has 1 saturated heterocycles. The van der Waals surface area contributed by atoms with Crippen LogP contribution in [0, 0.1) is 0 Å². The Labute approximate surface area is 174 Å². The second kappa shape index (κ2) is 10.4. The van der Waals surface area contributed by atoms with Gasteiger partial charge in [-0.15, -0.1) is 0 Å². The van der Waals surface area contributed by atoms with Crippen LogP contribution in [0.4, 0.5) is 0 Å². The van der Waals surface area contributed by atoms with Crippen molar-refractivity contribution < 1.29 is 35.4 Å². The van der Waals surface area contributed by atoms with E-state index in [9.17, 15) is 20.4 Å². The Bertz CT molecular complexity index is 781. The Kier molecular flexibility index (Phi) is 8.42. The Hall–Kier alpha value is -1.71. The number of rotatable bonds is 6. The molecular weight excluding hydrogens is 400 g/mol. The van der Waals surface area contributed by atoms with E-state index in [4.69, 9.17) is 21.1 Å². The lowest BCUT2D eigenvalue weighted by molar-refractivity contribution is -0.231. The van der Waals surface area contributed by atoms with Crippen LogP contribution < -0.4 is 4.74 Å². The van der Waals surface area contributed by atoms with E-state index in [0.717, 1.165) is 16.9 Å². The third-order valence-corrected chi connectivity index (χ3v) is 5.29. The summed E-state index contributed by atoms with van der Waals surface area (Å²) in [5.74, 6) is 0.799. The summed E-state index contributed by atoms with van der Waals surface area (Å²) in [5, 5.41) is 40.3. The predicted molar refractivity (Wildman–Crippen MR) is 108 cm³/mol. The van der Waals surface area contributed by atoms with E-state index < -0.39 is 37.1 Å². The minimum absolute atomic E-state index is 0. The van der Waals surface area contributed by atoms with Gasteiger partial charge in [0.1, 0.15) is 36.3 Å². The van der Waals surface area contributed by atoms with Crippen LogP contribution in [0.3, 0.4) is 0 Å². The molecule has 1 aliphatic rings. The molecule has 1 fully saturated rings. The Balaban J connectivity index is 0.00000300. The van der Waals surface area contributed by atoms with Crippen LogP contribution in [0.1, 0.15) is 29.7 Å². The summed E-state index contributed by atoms with van der Waals surface area (Å²) in [4.78, 5) is 0. The molecule has 160 valence electrons. The summed E-state index contributed by atoms with van der Waals surface area (Å²) >= 11 is 6.35. The van der Waals surface area contributed by atoms with E-state index in [-0.39, 0.29) is 5.48 Å². The highest BCUT2D eigenvalue weighted by atomic mass is 35.5. The first kappa shape index (κ1) is 23.6. The zero-order valence-corrected chi connectivity index (χ0v) is 16.8. The fraction of sp³-hybridized carbons (Fsp3) is 0.429. The fourth-order valence-electron chi connectivity index (χ4n) is 3.37. The molecule has 0 unspecified atom stereocenters. The number of hydrogen-bond donors (Lipinski definition) is 4. The summed E-state index contributed by atoms with van der Waals surface area (Å²) in [5.41, 5.74) is 2.49. The van der Waals surface area contributed by atoms with Crippen molar-refractivity contribution in [2.24, 2.45) is 0 Å². The summed E-state index contributed by atoms with van der Waals surface area (Å²) in [6.45, 7) is 2.07. The molecule has 2 aromatic rings. The Morgan fingerprint density at radius 3 is 2.31 bits per heavy atom. The van der Waals surface area contributed by atoms with Gasteiger partial charge in [0.2, 0.25) is 0 Å². The quantitative estimate of drug-likeness (QED) is 0.545. The number of aliphatic hydroxyl groups excluding tert-OH is 4. The molecule has 6 N–H and O–H groups in total. The molecule has 1 heterocycles. The monoisotopic (exact) mass is 426 g/mol. The Morgan fingerprint density at radius 1 is 1.00 bits per heavy atom. The number of ether oxygens (including phenoxy) is 2. The summed E-state index contributed by atoms with van der Waals surface area (Å²) in [6.07, 6.45) is -5.39. The lowest BCUT2D eigenvalue weighted by Gasteiger charge is -2.40. The van der Waals surface area contributed by atoms with E-state index >= 15 is 0 Å². The third-order valence-electron chi connectivity index (χ3n) is 4.92. The minimum atomic E-state index is -1.42. The smallest absolute Gasteiger partial charge is 0.119 e. The van der Waals surface area contributed by atoms with Gasteiger partial charge in [0.25, 0.3) is 0 Å². The van der Waals surface area contributed by atoms with Crippen LogP contribution in [0.25, 0.3) is 0 Å². The molecular formula is C21H27ClO7. The second-order valence-corrected chi connectivity index (χ2v) is 7.26. The van der Waals surface area contributed by atoms with Crippen LogP contribution in [0.5, 0.6) is 5.75 Å². The van der Waals surface area contributed by atoms with Gasteiger partial charge in [0, 0.05) is 5.02 Å². The van der Waals surface area contributed by atoms with E-state index in [1.54, 1.807) is 12.1 Å². The number of benzene rings is 2. The Morgan fingerprint density at radius 2 is 1.69 bits per heavy atom. The third kappa shape index (κ3) is 5.26. The van der Waals surface area contributed by atoms with Crippen molar-refractivity contribution in [1.82, 2.24) is 0 Å². The molecule has 3 rings (SSSR count). The van der Waals surface area contributed by atoms with Gasteiger partial charge >= 0.3 is 0 Å². The molecule has 0 saturated carbocycles. The average Bonchev–Trinajstić information content (AvgIpc) is 2.70.